The molecule has 0 radical (unpaired) electrons. The van der Waals surface area contributed by atoms with E-state index < -0.39 is 0 Å². The summed E-state index contributed by atoms with van der Waals surface area (Å²) in [5, 5.41) is 0. The van der Waals surface area contributed by atoms with Gasteiger partial charge in [0.05, 0.1) is 0 Å². The van der Waals surface area contributed by atoms with Crippen molar-refractivity contribution < 1.29 is 9.50 Å². The Morgan fingerprint density at radius 3 is 2.58 bits per heavy atom. The van der Waals surface area contributed by atoms with E-state index >= 15 is 0 Å². The molecule has 2 heteroatoms. The summed E-state index contributed by atoms with van der Waals surface area (Å²) >= 11 is 0. The van der Waals surface area contributed by atoms with E-state index in [0.717, 1.165) is 30.3 Å². The summed E-state index contributed by atoms with van der Waals surface area (Å²) in [6.07, 6.45) is 3.00. The van der Waals surface area contributed by atoms with E-state index in [-0.39, 0.29) is 4.70 Å². The minimum Gasteiger partial charge on any atom is -0.298 e. The van der Waals surface area contributed by atoms with Crippen molar-refractivity contribution in [1.29, 1.82) is 0 Å². The summed E-state index contributed by atoms with van der Waals surface area (Å²) in [4.78, 5) is 10.5. The van der Waals surface area contributed by atoms with Crippen molar-refractivity contribution in [2.45, 2.75) is 19.8 Å². The second-order valence-corrected chi connectivity index (χ2v) is 2.57. The third-order valence-electron chi connectivity index (χ3n) is 1.70. The molecule has 0 N–H and O–H groups in total. The van der Waals surface area contributed by atoms with Crippen LogP contribution in [0.3, 0.4) is 0 Å². The highest BCUT2D eigenvalue weighted by molar-refractivity contribution is 5.77. The summed E-state index contributed by atoms with van der Waals surface area (Å²) < 4.78 is 0. The Morgan fingerprint density at radius 1 is 1.33 bits per heavy atom. The van der Waals surface area contributed by atoms with Crippen molar-refractivity contribution in [2.24, 2.45) is 0 Å². The molecule has 0 bridgehead atoms. The van der Waals surface area contributed by atoms with E-state index in [2.05, 4.69) is 6.92 Å². The molecule has 0 aliphatic carbocycles. The Morgan fingerprint density at radius 2 is 2.00 bits per heavy atom. The zero-order chi connectivity index (χ0) is 8.10. The molecule has 0 fully saturated rings. The fourth-order valence-corrected chi connectivity index (χ4v) is 1.15. The maximum atomic E-state index is 10.5. The van der Waals surface area contributed by atoms with Gasteiger partial charge < -0.3 is 0 Å². The van der Waals surface area contributed by atoms with E-state index in [0.29, 0.717) is 0 Å². The molecule has 0 aliphatic rings. The van der Waals surface area contributed by atoms with E-state index in [1.54, 1.807) is 0 Å². The molecular formula is C10H13FO. The molecule has 0 heterocycles. The van der Waals surface area contributed by atoms with E-state index in [1.807, 2.05) is 24.3 Å². The van der Waals surface area contributed by atoms with Gasteiger partial charge in [-0.25, -0.2) is 0 Å². The number of hydrogen-bond donors (Lipinski definition) is 0. The van der Waals surface area contributed by atoms with Gasteiger partial charge in [0, 0.05) is 5.56 Å². The molecule has 1 aromatic carbocycles. The van der Waals surface area contributed by atoms with Gasteiger partial charge >= 0.3 is 0 Å². The molecule has 1 nitrogen and oxygen atoms in total. The first-order valence-electron chi connectivity index (χ1n) is 3.91. The molecule has 66 valence electrons. The SMILES string of the molecule is CCCc1ccccc1C=O.F. The van der Waals surface area contributed by atoms with Gasteiger partial charge in [-0.1, -0.05) is 37.6 Å². The molecule has 0 aromatic heterocycles. The molecule has 1 aromatic rings. The first-order valence-corrected chi connectivity index (χ1v) is 3.91. The number of aryl methyl sites for hydroxylation is 1. The van der Waals surface area contributed by atoms with E-state index in [4.69, 9.17) is 0 Å². The number of rotatable bonds is 3. The zero-order valence-corrected chi connectivity index (χ0v) is 7.12. The number of aldehydes is 1. The van der Waals surface area contributed by atoms with Gasteiger partial charge in [0.25, 0.3) is 0 Å². The molecule has 0 spiro atoms. The van der Waals surface area contributed by atoms with Crippen LogP contribution in [0, 0.1) is 0 Å². The highest BCUT2D eigenvalue weighted by Crippen LogP contribution is 2.07. The smallest absolute Gasteiger partial charge is 0.150 e. The summed E-state index contributed by atoms with van der Waals surface area (Å²) in [7, 11) is 0. The highest BCUT2D eigenvalue weighted by Gasteiger charge is 1.96. The minimum absolute atomic E-state index is 0. The minimum atomic E-state index is 0. The normalized spacial score (nSPS) is 8.75. The Balaban J connectivity index is 0.00000121. The third kappa shape index (κ3) is 2.46. The quantitative estimate of drug-likeness (QED) is 0.634. The lowest BCUT2D eigenvalue weighted by Gasteiger charge is -2.00. The largest absolute Gasteiger partial charge is 0.298 e. The number of carbonyl (C=O) groups is 1. The molecular weight excluding hydrogens is 155 g/mol. The fourth-order valence-electron chi connectivity index (χ4n) is 1.15. The van der Waals surface area contributed by atoms with E-state index in [1.165, 1.54) is 0 Å². The molecule has 0 amide bonds. The Labute approximate surface area is 71.8 Å². The van der Waals surface area contributed by atoms with Gasteiger partial charge in [-0.15, -0.1) is 0 Å². The molecule has 0 unspecified atom stereocenters. The summed E-state index contributed by atoms with van der Waals surface area (Å²) in [5.41, 5.74) is 1.99. The van der Waals surface area contributed by atoms with Crippen molar-refractivity contribution in [2.75, 3.05) is 0 Å². The third-order valence-corrected chi connectivity index (χ3v) is 1.70. The Bertz CT molecular complexity index is 245. The average Bonchev–Trinajstić information content (AvgIpc) is 2.06. The van der Waals surface area contributed by atoms with Crippen molar-refractivity contribution in [3.05, 3.63) is 35.4 Å². The van der Waals surface area contributed by atoms with Crippen LogP contribution in [0.1, 0.15) is 29.3 Å². The van der Waals surface area contributed by atoms with Crippen LogP contribution in [-0.2, 0) is 6.42 Å². The van der Waals surface area contributed by atoms with Crippen LogP contribution < -0.4 is 0 Å². The topological polar surface area (TPSA) is 17.1 Å². The number of hydrogen-bond acceptors (Lipinski definition) is 1. The lowest BCUT2D eigenvalue weighted by molar-refractivity contribution is 0.112. The number of halogens is 1. The predicted molar refractivity (Wildman–Crippen MR) is 48.3 cm³/mol. The van der Waals surface area contributed by atoms with Crippen LogP contribution in [0.15, 0.2) is 24.3 Å². The summed E-state index contributed by atoms with van der Waals surface area (Å²) in [5.74, 6) is 0. The van der Waals surface area contributed by atoms with Gasteiger partial charge in [-0.2, -0.15) is 0 Å². The molecule has 0 saturated carbocycles. The summed E-state index contributed by atoms with van der Waals surface area (Å²) in [6, 6.07) is 7.73. The zero-order valence-electron chi connectivity index (χ0n) is 7.12. The van der Waals surface area contributed by atoms with Crippen LogP contribution in [-0.4, -0.2) is 6.29 Å². The maximum Gasteiger partial charge on any atom is 0.150 e. The average molecular weight is 168 g/mol. The van der Waals surface area contributed by atoms with Gasteiger partial charge in [0.1, 0.15) is 6.29 Å². The summed E-state index contributed by atoms with van der Waals surface area (Å²) in [6.45, 7) is 2.11. The van der Waals surface area contributed by atoms with Crippen LogP contribution in [0.4, 0.5) is 4.70 Å². The molecule has 0 aliphatic heterocycles. The van der Waals surface area contributed by atoms with Gasteiger partial charge in [0.2, 0.25) is 0 Å². The van der Waals surface area contributed by atoms with Crippen molar-refractivity contribution in [3.63, 3.8) is 0 Å². The van der Waals surface area contributed by atoms with Gasteiger partial charge in [-0.3, -0.25) is 9.50 Å². The Hall–Kier alpha value is -1.18. The first kappa shape index (κ1) is 10.8. The second kappa shape index (κ2) is 5.47. The monoisotopic (exact) mass is 168 g/mol. The predicted octanol–water partition coefficient (Wildman–Crippen LogP) is 2.60. The lowest BCUT2D eigenvalue weighted by Crippen LogP contribution is -1.90. The standard InChI is InChI=1S/C10H12O.FH/c1-2-5-9-6-3-4-7-10(9)8-11;/h3-4,6-8H,2,5H2,1H3;1H. The van der Waals surface area contributed by atoms with Crippen molar-refractivity contribution in [3.8, 4) is 0 Å². The van der Waals surface area contributed by atoms with Gasteiger partial charge in [0.15, 0.2) is 0 Å². The van der Waals surface area contributed by atoms with Crippen LogP contribution in [0.2, 0.25) is 0 Å². The van der Waals surface area contributed by atoms with Crippen LogP contribution >= 0.6 is 0 Å². The number of benzene rings is 1. The second-order valence-electron chi connectivity index (χ2n) is 2.57. The molecule has 0 atom stereocenters. The van der Waals surface area contributed by atoms with Crippen molar-refractivity contribution in [1.82, 2.24) is 0 Å². The highest BCUT2D eigenvalue weighted by atomic mass is 19.0. The maximum absolute atomic E-state index is 10.5. The Kier molecular flexibility index (Phi) is 4.93. The van der Waals surface area contributed by atoms with Gasteiger partial charge in [-0.05, 0) is 12.0 Å². The lowest BCUT2D eigenvalue weighted by atomic mass is 10.0. The molecule has 12 heavy (non-hydrogen) atoms. The molecule has 0 saturated heterocycles. The van der Waals surface area contributed by atoms with E-state index in [9.17, 15) is 4.79 Å². The molecule has 1 rings (SSSR count). The fraction of sp³-hybridized carbons (Fsp3) is 0.300. The van der Waals surface area contributed by atoms with Crippen molar-refractivity contribution >= 4 is 6.29 Å². The van der Waals surface area contributed by atoms with Crippen LogP contribution in [0.25, 0.3) is 0 Å². The first-order chi connectivity index (χ1) is 5.38. The van der Waals surface area contributed by atoms with Crippen LogP contribution in [0.5, 0.6) is 0 Å². The number of carbonyl (C=O) groups excluding carboxylic acids is 1.